The topological polar surface area (TPSA) is 82.8 Å². The van der Waals surface area contributed by atoms with Crippen molar-refractivity contribution in [1.29, 1.82) is 0 Å². The lowest BCUT2D eigenvalue weighted by molar-refractivity contribution is 0.372. The Hall–Kier alpha value is -1.89. The summed E-state index contributed by atoms with van der Waals surface area (Å²) in [5, 5.41) is 9.45. The molecular formula is C16H15Cl2N5O. The zero-order valence-electron chi connectivity index (χ0n) is 12.7. The minimum Gasteiger partial charge on any atom is -0.334 e. The second-order valence-corrected chi connectivity index (χ2v) is 6.90. The van der Waals surface area contributed by atoms with E-state index >= 15 is 0 Å². The Morgan fingerprint density at radius 3 is 2.75 bits per heavy atom. The van der Waals surface area contributed by atoms with Crippen LogP contribution in [0.25, 0.3) is 17.1 Å². The Morgan fingerprint density at radius 1 is 1.21 bits per heavy atom. The van der Waals surface area contributed by atoms with Gasteiger partial charge in [0, 0.05) is 11.2 Å². The summed E-state index contributed by atoms with van der Waals surface area (Å²) in [4.78, 5) is 4.47. The Labute approximate surface area is 148 Å². The van der Waals surface area contributed by atoms with Crippen molar-refractivity contribution in [3.05, 3.63) is 46.5 Å². The van der Waals surface area contributed by atoms with Gasteiger partial charge >= 0.3 is 0 Å². The molecule has 1 aliphatic carbocycles. The van der Waals surface area contributed by atoms with Gasteiger partial charge in [0.2, 0.25) is 0 Å². The molecule has 0 aliphatic heterocycles. The summed E-state index contributed by atoms with van der Waals surface area (Å²) in [6.07, 6.45) is 7.38. The minimum absolute atomic E-state index is 0.401. The number of nitrogens with two attached hydrogens (primary N) is 1. The molecule has 1 fully saturated rings. The summed E-state index contributed by atoms with van der Waals surface area (Å²) in [5.41, 5.74) is 7.32. The van der Waals surface area contributed by atoms with Gasteiger partial charge in [0.25, 0.3) is 5.89 Å². The number of halogens is 2. The van der Waals surface area contributed by atoms with E-state index in [2.05, 4.69) is 15.2 Å². The monoisotopic (exact) mass is 363 g/mol. The Bertz CT molecular complexity index is 882. The van der Waals surface area contributed by atoms with Gasteiger partial charge in [0.1, 0.15) is 0 Å². The van der Waals surface area contributed by atoms with Gasteiger partial charge in [-0.2, -0.15) is 10.1 Å². The summed E-state index contributed by atoms with van der Waals surface area (Å²) in [6.45, 7) is 0. The highest BCUT2D eigenvalue weighted by atomic mass is 35.5. The van der Waals surface area contributed by atoms with Gasteiger partial charge in [-0.05, 0) is 31.0 Å². The molecule has 4 rings (SSSR count). The van der Waals surface area contributed by atoms with Gasteiger partial charge in [-0.25, -0.2) is 4.68 Å². The van der Waals surface area contributed by atoms with E-state index in [1.54, 1.807) is 35.3 Å². The van der Waals surface area contributed by atoms with Crippen LogP contribution in [0.2, 0.25) is 10.0 Å². The SMILES string of the molecule is NC1(c2noc(-c3cnn(-c4ccc(Cl)cc4Cl)c3)n2)CCCC1. The van der Waals surface area contributed by atoms with Crippen molar-refractivity contribution in [2.75, 3.05) is 0 Å². The van der Waals surface area contributed by atoms with Crippen LogP contribution >= 0.6 is 23.2 Å². The van der Waals surface area contributed by atoms with E-state index in [0.29, 0.717) is 27.3 Å². The minimum atomic E-state index is -0.475. The van der Waals surface area contributed by atoms with Gasteiger partial charge in [0.05, 0.1) is 28.0 Å². The van der Waals surface area contributed by atoms with E-state index in [1.807, 2.05) is 0 Å². The number of nitrogens with zero attached hydrogens (tertiary/aromatic N) is 4. The highest BCUT2D eigenvalue weighted by Crippen LogP contribution is 2.35. The highest BCUT2D eigenvalue weighted by molar-refractivity contribution is 6.35. The summed E-state index contributed by atoms with van der Waals surface area (Å²) in [7, 11) is 0. The highest BCUT2D eigenvalue weighted by Gasteiger charge is 2.36. The largest absolute Gasteiger partial charge is 0.334 e. The average Bonchev–Trinajstić information content (AvgIpc) is 3.27. The van der Waals surface area contributed by atoms with Gasteiger partial charge in [-0.3, -0.25) is 0 Å². The second-order valence-electron chi connectivity index (χ2n) is 6.06. The van der Waals surface area contributed by atoms with Crippen LogP contribution < -0.4 is 5.73 Å². The van der Waals surface area contributed by atoms with E-state index in [1.165, 1.54) is 0 Å². The molecule has 3 aromatic rings. The van der Waals surface area contributed by atoms with Crippen LogP contribution in [0.1, 0.15) is 31.5 Å². The van der Waals surface area contributed by atoms with Crippen molar-refractivity contribution in [1.82, 2.24) is 19.9 Å². The Kier molecular flexibility index (Phi) is 3.83. The first-order chi connectivity index (χ1) is 11.5. The van der Waals surface area contributed by atoms with E-state index in [9.17, 15) is 0 Å². The molecule has 0 spiro atoms. The van der Waals surface area contributed by atoms with Crippen LogP contribution in [0, 0.1) is 0 Å². The zero-order chi connectivity index (χ0) is 16.7. The van der Waals surface area contributed by atoms with E-state index < -0.39 is 5.54 Å². The molecule has 124 valence electrons. The van der Waals surface area contributed by atoms with Crippen molar-refractivity contribution >= 4 is 23.2 Å². The Balaban J connectivity index is 1.65. The standard InChI is InChI=1S/C16H15Cl2N5O/c17-11-3-4-13(12(18)7-11)23-9-10(8-20-23)14-21-15(22-24-14)16(19)5-1-2-6-16/h3-4,7-9H,1-2,5-6,19H2. The van der Waals surface area contributed by atoms with Gasteiger partial charge in [-0.1, -0.05) is 41.2 Å². The number of hydrogen-bond acceptors (Lipinski definition) is 5. The third kappa shape index (κ3) is 2.70. The molecule has 0 atom stereocenters. The smallest absolute Gasteiger partial charge is 0.261 e. The molecule has 0 amide bonds. The fraction of sp³-hybridized carbons (Fsp3) is 0.312. The fourth-order valence-electron chi connectivity index (χ4n) is 3.00. The maximum atomic E-state index is 6.37. The first-order valence-electron chi connectivity index (χ1n) is 7.69. The Morgan fingerprint density at radius 2 is 2.00 bits per heavy atom. The molecule has 2 heterocycles. The maximum Gasteiger partial charge on any atom is 0.261 e. The van der Waals surface area contributed by atoms with Crippen molar-refractivity contribution in [3.8, 4) is 17.1 Å². The number of aromatic nitrogens is 4. The molecule has 2 aromatic heterocycles. The lowest BCUT2D eigenvalue weighted by Crippen LogP contribution is -2.34. The van der Waals surface area contributed by atoms with E-state index in [-0.39, 0.29) is 0 Å². The normalized spacial score (nSPS) is 16.6. The van der Waals surface area contributed by atoms with E-state index in [4.69, 9.17) is 33.5 Å². The predicted octanol–water partition coefficient (Wildman–Crippen LogP) is 3.96. The molecule has 1 aliphatic rings. The summed E-state index contributed by atoms with van der Waals surface area (Å²) in [5.74, 6) is 0.963. The summed E-state index contributed by atoms with van der Waals surface area (Å²) in [6, 6.07) is 5.23. The quantitative estimate of drug-likeness (QED) is 0.761. The molecule has 8 heteroatoms. The van der Waals surface area contributed by atoms with Crippen molar-refractivity contribution in [2.24, 2.45) is 5.73 Å². The molecule has 2 N–H and O–H groups in total. The number of hydrogen-bond donors (Lipinski definition) is 1. The molecule has 0 radical (unpaired) electrons. The van der Waals surface area contributed by atoms with Crippen molar-refractivity contribution in [3.63, 3.8) is 0 Å². The molecule has 0 unspecified atom stereocenters. The lowest BCUT2D eigenvalue weighted by Gasteiger charge is -2.17. The van der Waals surface area contributed by atoms with Gasteiger partial charge in [0.15, 0.2) is 5.82 Å². The molecule has 1 aromatic carbocycles. The fourth-order valence-corrected chi connectivity index (χ4v) is 3.50. The molecule has 24 heavy (non-hydrogen) atoms. The molecule has 0 saturated heterocycles. The third-order valence-corrected chi connectivity index (χ3v) is 4.89. The van der Waals surface area contributed by atoms with Crippen molar-refractivity contribution < 1.29 is 4.52 Å². The van der Waals surface area contributed by atoms with Crippen LogP contribution in [-0.4, -0.2) is 19.9 Å². The van der Waals surface area contributed by atoms with Gasteiger partial charge in [-0.15, -0.1) is 0 Å². The number of rotatable bonds is 3. The third-order valence-electron chi connectivity index (χ3n) is 4.35. The first kappa shape index (κ1) is 15.6. The van der Waals surface area contributed by atoms with Crippen LogP contribution in [-0.2, 0) is 5.54 Å². The predicted molar refractivity (Wildman–Crippen MR) is 91.2 cm³/mol. The second kappa shape index (κ2) is 5.88. The van der Waals surface area contributed by atoms with Crippen LogP contribution in [0.15, 0.2) is 35.1 Å². The average molecular weight is 364 g/mol. The molecule has 6 nitrogen and oxygen atoms in total. The van der Waals surface area contributed by atoms with Crippen LogP contribution in [0.3, 0.4) is 0 Å². The first-order valence-corrected chi connectivity index (χ1v) is 8.44. The molecule has 0 bridgehead atoms. The van der Waals surface area contributed by atoms with E-state index in [0.717, 1.165) is 31.4 Å². The molecule has 1 saturated carbocycles. The van der Waals surface area contributed by atoms with Gasteiger partial charge < -0.3 is 10.3 Å². The van der Waals surface area contributed by atoms with Crippen LogP contribution in [0.4, 0.5) is 0 Å². The summed E-state index contributed by atoms with van der Waals surface area (Å²) >= 11 is 12.1. The molecular weight excluding hydrogens is 349 g/mol. The van der Waals surface area contributed by atoms with Crippen molar-refractivity contribution in [2.45, 2.75) is 31.2 Å². The maximum absolute atomic E-state index is 6.37. The summed E-state index contributed by atoms with van der Waals surface area (Å²) < 4.78 is 7.02. The van der Waals surface area contributed by atoms with Crippen LogP contribution in [0.5, 0.6) is 0 Å². The number of benzene rings is 1. The lowest BCUT2D eigenvalue weighted by atomic mass is 9.99. The zero-order valence-corrected chi connectivity index (χ0v) is 14.3.